The Morgan fingerprint density at radius 3 is 2.39 bits per heavy atom. The molecular weight excluding hydrogens is 240 g/mol. The SMILES string of the molecule is CSCC(C)N1CC(CC(C)C)NCC1C(C)C. The van der Waals surface area contributed by atoms with E-state index in [2.05, 4.69) is 51.1 Å². The second-order valence-corrected chi connectivity index (χ2v) is 7.46. The zero-order chi connectivity index (χ0) is 13.7. The number of nitrogens with one attached hydrogen (secondary N) is 1. The fourth-order valence-electron chi connectivity index (χ4n) is 3.05. The third-order valence-corrected chi connectivity index (χ3v) is 4.79. The second-order valence-electron chi connectivity index (χ2n) is 6.55. The van der Waals surface area contributed by atoms with E-state index in [-0.39, 0.29) is 0 Å². The maximum absolute atomic E-state index is 3.76. The standard InChI is InChI=1S/C15H32N2S/c1-11(2)7-14-9-17(13(5)10-18-6)15(8-16-14)12(3)4/h11-16H,7-10H2,1-6H3. The predicted molar refractivity (Wildman–Crippen MR) is 84.4 cm³/mol. The molecule has 0 amide bonds. The summed E-state index contributed by atoms with van der Waals surface area (Å²) in [5.41, 5.74) is 0. The van der Waals surface area contributed by atoms with E-state index in [1.807, 2.05) is 11.8 Å². The molecule has 108 valence electrons. The monoisotopic (exact) mass is 272 g/mol. The van der Waals surface area contributed by atoms with Crippen LogP contribution in [0.1, 0.15) is 41.0 Å². The highest BCUT2D eigenvalue weighted by Gasteiger charge is 2.32. The largest absolute Gasteiger partial charge is 0.311 e. The van der Waals surface area contributed by atoms with Gasteiger partial charge in [-0.1, -0.05) is 27.7 Å². The fourth-order valence-corrected chi connectivity index (χ4v) is 3.72. The van der Waals surface area contributed by atoms with Gasteiger partial charge in [0, 0.05) is 37.0 Å². The van der Waals surface area contributed by atoms with E-state index in [0.29, 0.717) is 18.1 Å². The van der Waals surface area contributed by atoms with E-state index in [9.17, 15) is 0 Å². The Hall–Kier alpha value is 0.270. The summed E-state index contributed by atoms with van der Waals surface area (Å²) in [5, 5.41) is 3.76. The average molecular weight is 273 g/mol. The summed E-state index contributed by atoms with van der Waals surface area (Å²) in [7, 11) is 0. The van der Waals surface area contributed by atoms with Crippen molar-refractivity contribution in [2.75, 3.05) is 25.1 Å². The van der Waals surface area contributed by atoms with Crippen LogP contribution in [0.5, 0.6) is 0 Å². The molecule has 1 fully saturated rings. The highest BCUT2D eigenvalue weighted by molar-refractivity contribution is 7.98. The van der Waals surface area contributed by atoms with E-state index >= 15 is 0 Å². The smallest absolute Gasteiger partial charge is 0.0247 e. The molecule has 0 aromatic rings. The van der Waals surface area contributed by atoms with Crippen molar-refractivity contribution in [3.05, 3.63) is 0 Å². The Labute approximate surface area is 118 Å². The van der Waals surface area contributed by atoms with Crippen molar-refractivity contribution in [3.8, 4) is 0 Å². The number of hydrogen-bond donors (Lipinski definition) is 1. The van der Waals surface area contributed by atoms with Gasteiger partial charge in [0.25, 0.3) is 0 Å². The van der Waals surface area contributed by atoms with Gasteiger partial charge >= 0.3 is 0 Å². The van der Waals surface area contributed by atoms with Gasteiger partial charge in [-0.3, -0.25) is 4.90 Å². The van der Waals surface area contributed by atoms with Crippen molar-refractivity contribution in [2.24, 2.45) is 11.8 Å². The molecular formula is C15H32N2S. The van der Waals surface area contributed by atoms with Crippen LogP contribution in [0.25, 0.3) is 0 Å². The molecule has 1 aliphatic rings. The average Bonchev–Trinajstić information content (AvgIpc) is 2.28. The number of nitrogens with zero attached hydrogens (tertiary/aromatic N) is 1. The molecule has 0 radical (unpaired) electrons. The molecule has 18 heavy (non-hydrogen) atoms. The van der Waals surface area contributed by atoms with Gasteiger partial charge in [0.15, 0.2) is 0 Å². The van der Waals surface area contributed by atoms with Crippen molar-refractivity contribution in [3.63, 3.8) is 0 Å². The van der Waals surface area contributed by atoms with Gasteiger partial charge < -0.3 is 5.32 Å². The molecule has 3 heteroatoms. The third kappa shape index (κ3) is 4.75. The number of hydrogen-bond acceptors (Lipinski definition) is 3. The normalized spacial score (nSPS) is 28.0. The topological polar surface area (TPSA) is 15.3 Å². The molecule has 1 aliphatic heterocycles. The lowest BCUT2D eigenvalue weighted by Gasteiger charge is -2.46. The molecule has 0 saturated carbocycles. The first-order chi connectivity index (χ1) is 8.45. The van der Waals surface area contributed by atoms with Crippen LogP contribution in [0, 0.1) is 11.8 Å². The lowest BCUT2D eigenvalue weighted by molar-refractivity contribution is 0.0659. The summed E-state index contributed by atoms with van der Waals surface area (Å²) in [4.78, 5) is 2.75. The third-order valence-electron chi connectivity index (χ3n) is 3.97. The van der Waals surface area contributed by atoms with Gasteiger partial charge in [-0.15, -0.1) is 0 Å². The molecule has 0 aromatic heterocycles. The molecule has 3 unspecified atom stereocenters. The van der Waals surface area contributed by atoms with Crippen LogP contribution in [0.2, 0.25) is 0 Å². The molecule has 0 aliphatic carbocycles. The molecule has 0 spiro atoms. The Bertz CT molecular complexity index is 231. The number of thioether (sulfide) groups is 1. The van der Waals surface area contributed by atoms with Crippen molar-refractivity contribution >= 4 is 11.8 Å². The Balaban J connectivity index is 2.63. The van der Waals surface area contributed by atoms with E-state index < -0.39 is 0 Å². The fraction of sp³-hybridized carbons (Fsp3) is 1.00. The van der Waals surface area contributed by atoms with Crippen LogP contribution in [0.3, 0.4) is 0 Å². The van der Waals surface area contributed by atoms with Crippen molar-refractivity contribution in [1.29, 1.82) is 0 Å². The Kier molecular flexibility index (Phi) is 7.04. The Morgan fingerprint density at radius 1 is 1.22 bits per heavy atom. The molecule has 3 atom stereocenters. The van der Waals surface area contributed by atoms with E-state index in [1.54, 1.807) is 0 Å². The van der Waals surface area contributed by atoms with Gasteiger partial charge in [-0.25, -0.2) is 0 Å². The van der Waals surface area contributed by atoms with E-state index in [1.165, 1.54) is 18.7 Å². The molecule has 1 rings (SSSR count). The predicted octanol–water partition coefficient (Wildman–Crippen LogP) is 3.08. The van der Waals surface area contributed by atoms with Crippen molar-refractivity contribution in [1.82, 2.24) is 10.2 Å². The summed E-state index contributed by atoms with van der Waals surface area (Å²) in [5.74, 6) is 2.77. The van der Waals surface area contributed by atoms with Crippen LogP contribution >= 0.6 is 11.8 Å². The van der Waals surface area contributed by atoms with Crippen LogP contribution in [-0.2, 0) is 0 Å². The minimum atomic E-state index is 0.685. The van der Waals surface area contributed by atoms with Gasteiger partial charge in [-0.05, 0) is 31.4 Å². The molecule has 1 saturated heterocycles. The quantitative estimate of drug-likeness (QED) is 0.800. The van der Waals surface area contributed by atoms with Gasteiger partial charge in [0.1, 0.15) is 0 Å². The zero-order valence-corrected chi connectivity index (χ0v) is 13.9. The van der Waals surface area contributed by atoms with Crippen LogP contribution < -0.4 is 5.32 Å². The summed E-state index contributed by atoms with van der Waals surface area (Å²) < 4.78 is 0. The lowest BCUT2D eigenvalue weighted by atomic mass is 9.94. The van der Waals surface area contributed by atoms with Crippen LogP contribution in [-0.4, -0.2) is 48.1 Å². The molecule has 0 bridgehead atoms. The summed E-state index contributed by atoms with van der Waals surface area (Å²) >= 11 is 1.97. The molecule has 1 N–H and O–H groups in total. The van der Waals surface area contributed by atoms with Crippen molar-refractivity contribution in [2.45, 2.75) is 59.2 Å². The highest BCUT2D eigenvalue weighted by Crippen LogP contribution is 2.21. The minimum absolute atomic E-state index is 0.685. The molecule has 0 aromatic carbocycles. The second kappa shape index (κ2) is 7.76. The summed E-state index contributed by atoms with van der Waals surface area (Å²) in [6.07, 6.45) is 3.52. The van der Waals surface area contributed by atoms with E-state index in [0.717, 1.165) is 18.4 Å². The Morgan fingerprint density at radius 2 is 1.89 bits per heavy atom. The lowest BCUT2D eigenvalue weighted by Crippen LogP contribution is -2.61. The molecule has 2 nitrogen and oxygen atoms in total. The van der Waals surface area contributed by atoms with Crippen molar-refractivity contribution < 1.29 is 0 Å². The first kappa shape index (κ1) is 16.3. The first-order valence-electron chi connectivity index (χ1n) is 7.43. The van der Waals surface area contributed by atoms with Crippen LogP contribution in [0.15, 0.2) is 0 Å². The van der Waals surface area contributed by atoms with Gasteiger partial charge in [0.2, 0.25) is 0 Å². The molecule has 1 heterocycles. The van der Waals surface area contributed by atoms with Gasteiger partial charge in [-0.2, -0.15) is 11.8 Å². The van der Waals surface area contributed by atoms with Crippen LogP contribution in [0.4, 0.5) is 0 Å². The summed E-state index contributed by atoms with van der Waals surface area (Å²) in [6, 6.07) is 2.09. The maximum atomic E-state index is 3.76. The first-order valence-corrected chi connectivity index (χ1v) is 8.83. The highest BCUT2D eigenvalue weighted by atomic mass is 32.2. The van der Waals surface area contributed by atoms with Gasteiger partial charge in [0.05, 0.1) is 0 Å². The summed E-state index contributed by atoms with van der Waals surface area (Å²) in [6.45, 7) is 14.1. The number of rotatable bonds is 6. The number of piperazine rings is 1. The van der Waals surface area contributed by atoms with E-state index in [4.69, 9.17) is 0 Å². The maximum Gasteiger partial charge on any atom is 0.0247 e. The minimum Gasteiger partial charge on any atom is -0.311 e. The zero-order valence-electron chi connectivity index (χ0n) is 13.1.